The van der Waals surface area contributed by atoms with E-state index in [1.165, 1.54) is 33.5 Å². The minimum absolute atomic E-state index is 0.0899. The number of amides is 2. The Morgan fingerprint density at radius 1 is 0.882 bits per heavy atom. The van der Waals surface area contributed by atoms with Crippen LogP contribution in [0, 0.1) is 11.7 Å². The van der Waals surface area contributed by atoms with Gasteiger partial charge in [0, 0.05) is 37.2 Å². The average Bonchev–Trinajstić information content (AvgIpc) is 3.62. The van der Waals surface area contributed by atoms with Crippen LogP contribution in [0.2, 0.25) is 10.0 Å². The van der Waals surface area contributed by atoms with Crippen molar-refractivity contribution < 1.29 is 48.0 Å². The first kappa shape index (κ1) is 39.2. The molecule has 274 valence electrons. The monoisotopic (exact) mass is 747 g/mol. The molecule has 5 rings (SSSR count). The second-order valence-corrected chi connectivity index (χ2v) is 13.2. The van der Waals surface area contributed by atoms with Crippen molar-refractivity contribution in [2.45, 2.75) is 37.1 Å². The second-order valence-electron chi connectivity index (χ2n) is 12.4. The Bertz CT molecular complexity index is 1740. The van der Waals surface area contributed by atoms with Crippen LogP contribution >= 0.6 is 23.2 Å². The van der Waals surface area contributed by atoms with Crippen LogP contribution in [-0.4, -0.2) is 97.3 Å². The minimum atomic E-state index is -1.82. The minimum Gasteiger partial charge on any atom is -0.493 e. The number of methoxy groups -OCH3 is 3. The zero-order valence-electron chi connectivity index (χ0n) is 28.5. The third-order valence-electron chi connectivity index (χ3n) is 9.82. The Labute approximate surface area is 304 Å². The number of likely N-dealkylation sites (tertiary alicyclic amines) is 2. The highest BCUT2D eigenvalue weighted by Crippen LogP contribution is 2.47. The Hall–Kier alpha value is -4.59. The van der Waals surface area contributed by atoms with Gasteiger partial charge in [0.05, 0.1) is 36.8 Å². The van der Waals surface area contributed by atoms with Gasteiger partial charge in [-0.25, -0.2) is 14.0 Å². The number of benzene rings is 3. The topological polar surface area (TPSA) is 169 Å². The van der Waals surface area contributed by atoms with E-state index in [1.54, 1.807) is 36.4 Å². The number of primary amides is 1. The lowest BCUT2D eigenvalue weighted by Gasteiger charge is -2.49. The van der Waals surface area contributed by atoms with Gasteiger partial charge in [0.2, 0.25) is 11.7 Å². The van der Waals surface area contributed by atoms with Crippen molar-refractivity contribution in [2.75, 3.05) is 47.5 Å². The molecule has 0 spiro atoms. The molecule has 3 aromatic rings. The fourth-order valence-electron chi connectivity index (χ4n) is 7.05. The molecule has 0 radical (unpaired) electrons. The smallest absolute Gasteiger partial charge is 0.414 e. The van der Waals surface area contributed by atoms with E-state index < -0.39 is 23.3 Å². The van der Waals surface area contributed by atoms with Gasteiger partial charge in [-0.2, -0.15) is 0 Å². The molecule has 0 bridgehead atoms. The summed E-state index contributed by atoms with van der Waals surface area (Å²) in [6.45, 7) is 4.45. The van der Waals surface area contributed by atoms with Crippen molar-refractivity contribution in [3.05, 3.63) is 87.2 Å². The van der Waals surface area contributed by atoms with Gasteiger partial charge >= 0.3 is 11.9 Å². The summed E-state index contributed by atoms with van der Waals surface area (Å²) in [5.74, 6) is -3.52. The SMILES string of the molecule is COc1cc(C(=O)N2CCC(C(C)N3CCC(C(N)=O)(c4ccc(F)cc4)C(c4ccc(Cl)c(Cl)c4)C3)C2)cc(OC)c1OC.O=C(O)C(=O)O. The molecule has 12 nitrogen and oxygen atoms in total. The first-order valence-electron chi connectivity index (χ1n) is 16.0. The van der Waals surface area contributed by atoms with E-state index in [-0.39, 0.29) is 29.6 Å². The average molecular weight is 749 g/mol. The summed E-state index contributed by atoms with van der Waals surface area (Å²) in [6, 6.07) is 14.8. The van der Waals surface area contributed by atoms with E-state index in [9.17, 15) is 14.0 Å². The largest absolute Gasteiger partial charge is 0.493 e. The molecule has 2 heterocycles. The number of carbonyl (C=O) groups is 4. The van der Waals surface area contributed by atoms with Crippen LogP contribution in [0.15, 0.2) is 54.6 Å². The van der Waals surface area contributed by atoms with Crippen LogP contribution < -0.4 is 19.9 Å². The molecule has 2 fully saturated rings. The lowest BCUT2D eigenvalue weighted by Crippen LogP contribution is -2.57. The van der Waals surface area contributed by atoms with Gasteiger partial charge in [0.15, 0.2) is 11.5 Å². The van der Waals surface area contributed by atoms with Crippen molar-refractivity contribution in [1.29, 1.82) is 0 Å². The molecule has 2 aliphatic heterocycles. The van der Waals surface area contributed by atoms with Crippen molar-refractivity contribution >= 4 is 47.0 Å². The number of ether oxygens (including phenoxy) is 3. The van der Waals surface area contributed by atoms with Crippen LogP contribution in [-0.2, 0) is 19.8 Å². The molecule has 4 unspecified atom stereocenters. The number of piperidine rings is 1. The van der Waals surface area contributed by atoms with Crippen molar-refractivity contribution in [1.82, 2.24) is 9.80 Å². The highest BCUT2D eigenvalue weighted by molar-refractivity contribution is 6.42. The van der Waals surface area contributed by atoms with E-state index in [0.29, 0.717) is 71.0 Å². The fourth-order valence-corrected chi connectivity index (χ4v) is 7.35. The number of nitrogens with two attached hydrogens (primary N) is 1. The summed E-state index contributed by atoms with van der Waals surface area (Å²) in [4.78, 5) is 49.4. The zero-order chi connectivity index (χ0) is 37.6. The Kier molecular flexibility index (Phi) is 12.8. The van der Waals surface area contributed by atoms with Gasteiger partial charge in [-0.1, -0.05) is 41.4 Å². The highest BCUT2D eigenvalue weighted by Gasteiger charge is 2.51. The maximum absolute atomic E-state index is 13.9. The first-order chi connectivity index (χ1) is 24.2. The molecule has 15 heteroatoms. The lowest BCUT2D eigenvalue weighted by atomic mass is 9.62. The normalized spacial score (nSPS) is 20.8. The number of carbonyl (C=O) groups excluding carboxylic acids is 2. The van der Waals surface area contributed by atoms with E-state index in [2.05, 4.69) is 11.8 Å². The fraction of sp³-hybridized carbons (Fsp3) is 0.389. The predicted octanol–water partition coefficient (Wildman–Crippen LogP) is 5.08. The maximum Gasteiger partial charge on any atom is 0.414 e. The van der Waals surface area contributed by atoms with Crippen LogP contribution in [0.4, 0.5) is 4.39 Å². The predicted molar refractivity (Wildman–Crippen MR) is 188 cm³/mol. The molecule has 4 N–H and O–H groups in total. The summed E-state index contributed by atoms with van der Waals surface area (Å²) in [7, 11) is 4.56. The summed E-state index contributed by atoms with van der Waals surface area (Å²) in [5, 5.41) is 15.6. The Balaban J connectivity index is 0.000000894. The molecule has 4 atom stereocenters. The molecular weight excluding hydrogens is 708 g/mol. The van der Waals surface area contributed by atoms with Gasteiger partial charge in [0.1, 0.15) is 5.82 Å². The van der Waals surface area contributed by atoms with Crippen LogP contribution in [0.3, 0.4) is 0 Å². The van der Waals surface area contributed by atoms with Crippen molar-refractivity contribution in [3.63, 3.8) is 0 Å². The molecule has 2 amide bonds. The van der Waals surface area contributed by atoms with E-state index in [4.69, 9.17) is 62.9 Å². The standard InChI is InChI=1S/C34H38Cl2FN3O5.C2H2O4/c1-20(22-11-13-40(18-22)32(41)23-16-29(43-2)31(45-4)30(17-23)44-3)39-14-12-34(33(38)42,24-6-8-25(37)9-7-24)26(19-39)21-5-10-27(35)28(36)15-21;3-1(4)2(5)6/h5-10,15-17,20,22,26H,11-14,18-19H2,1-4H3,(H2,38,42);(H,3,4)(H,5,6). The van der Waals surface area contributed by atoms with Crippen LogP contribution in [0.25, 0.3) is 0 Å². The molecule has 2 saturated heterocycles. The lowest BCUT2D eigenvalue weighted by molar-refractivity contribution is -0.159. The number of carboxylic acid groups (broad SMARTS) is 2. The van der Waals surface area contributed by atoms with E-state index >= 15 is 0 Å². The summed E-state index contributed by atoms with van der Waals surface area (Å²) in [6.07, 6.45) is 1.26. The summed E-state index contributed by atoms with van der Waals surface area (Å²) < 4.78 is 30.3. The van der Waals surface area contributed by atoms with Gasteiger partial charge < -0.3 is 35.1 Å². The number of hydrogen-bond donors (Lipinski definition) is 3. The van der Waals surface area contributed by atoms with Gasteiger partial charge in [-0.05, 0) is 79.8 Å². The molecular formula is C36H40Cl2FN3O9. The third-order valence-corrected chi connectivity index (χ3v) is 10.6. The quantitative estimate of drug-likeness (QED) is 0.251. The van der Waals surface area contributed by atoms with Gasteiger partial charge in [-0.3, -0.25) is 14.5 Å². The van der Waals surface area contributed by atoms with Gasteiger partial charge in [-0.15, -0.1) is 0 Å². The first-order valence-corrected chi connectivity index (χ1v) is 16.7. The number of nitrogens with zero attached hydrogens (tertiary/aromatic N) is 2. The molecule has 2 aliphatic rings. The zero-order valence-corrected chi connectivity index (χ0v) is 30.0. The number of hydrogen-bond acceptors (Lipinski definition) is 8. The number of aliphatic carboxylic acids is 2. The van der Waals surface area contributed by atoms with Crippen molar-refractivity contribution in [2.24, 2.45) is 11.7 Å². The Morgan fingerprint density at radius 3 is 2.00 bits per heavy atom. The number of rotatable bonds is 9. The van der Waals surface area contributed by atoms with Crippen LogP contribution in [0.1, 0.15) is 47.2 Å². The van der Waals surface area contributed by atoms with Crippen molar-refractivity contribution in [3.8, 4) is 17.2 Å². The number of carboxylic acids is 2. The summed E-state index contributed by atoms with van der Waals surface area (Å²) in [5.41, 5.74) is 7.08. The summed E-state index contributed by atoms with van der Waals surface area (Å²) >= 11 is 12.7. The molecule has 51 heavy (non-hydrogen) atoms. The van der Waals surface area contributed by atoms with Gasteiger partial charge in [0.25, 0.3) is 5.91 Å². The van der Waals surface area contributed by atoms with E-state index in [1.807, 2.05) is 11.0 Å². The second kappa shape index (κ2) is 16.6. The van der Waals surface area contributed by atoms with Crippen LogP contribution in [0.5, 0.6) is 17.2 Å². The third kappa shape index (κ3) is 8.32. The molecule has 0 saturated carbocycles. The molecule has 3 aromatic carbocycles. The maximum atomic E-state index is 13.9. The van der Waals surface area contributed by atoms with E-state index in [0.717, 1.165) is 12.0 Å². The Morgan fingerprint density at radius 2 is 1.49 bits per heavy atom. The molecule has 0 aromatic heterocycles. The molecule has 0 aliphatic carbocycles. The number of halogens is 3. The highest BCUT2D eigenvalue weighted by atomic mass is 35.5.